The fraction of sp³-hybridized carbons (Fsp3) is 0.200. The van der Waals surface area contributed by atoms with Crippen LogP contribution in [0.5, 0.6) is 0 Å². The molecular formula is C5H6NP. The maximum atomic E-state index is 4.02. The van der Waals surface area contributed by atoms with Crippen molar-refractivity contribution in [2.24, 2.45) is 0 Å². The minimum Gasteiger partial charge on any atom is -0.257 e. The van der Waals surface area contributed by atoms with Gasteiger partial charge in [-0.3, -0.25) is 4.98 Å². The van der Waals surface area contributed by atoms with Gasteiger partial charge in [-0.2, -0.15) is 0 Å². The van der Waals surface area contributed by atoms with E-state index in [-0.39, 0.29) is 0 Å². The fourth-order valence-corrected chi connectivity index (χ4v) is 0.984. The Morgan fingerprint density at radius 2 is 2.57 bits per heavy atom. The van der Waals surface area contributed by atoms with Gasteiger partial charge in [-0.25, -0.2) is 0 Å². The first kappa shape index (κ1) is 4.73. The lowest BCUT2D eigenvalue weighted by atomic mass is 10.5. The Labute approximate surface area is 44.5 Å². The molecule has 0 bridgehead atoms. The van der Waals surface area contributed by atoms with Gasteiger partial charge in [0.15, 0.2) is 0 Å². The van der Waals surface area contributed by atoms with E-state index in [1.165, 1.54) is 8.19 Å². The first-order valence-electron chi connectivity index (χ1n) is 2.12. The van der Waals surface area contributed by atoms with Crippen molar-refractivity contribution in [3.8, 4) is 0 Å². The minimum atomic E-state index is 1.10. The van der Waals surface area contributed by atoms with Crippen LogP contribution in [-0.2, 0) is 0 Å². The summed E-state index contributed by atoms with van der Waals surface area (Å²) >= 11 is 0. The number of aromatic nitrogens is 1. The summed E-state index contributed by atoms with van der Waals surface area (Å²) in [5.74, 6) is 3.96. The predicted molar refractivity (Wildman–Crippen MR) is 31.5 cm³/mol. The molecule has 0 amide bonds. The molecule has 1 nitrogen and oxygen atoms in total. The second-order valence-electron chi connectivity index (χ2n) is 1.35. The quantitative estimate of drug-likeness (QED) is 0.498. The number of nitrogens with zero attached hydrogens (tertiary/aromatic N) is 1. The molecule has 0 spiro atoms. The Morgan fingerprint density at radius 3 is 2.86 bits per heavy atom. The lowest BCUT2D eigenvalue weighted by Crippen LogP contribution is -1.69. The van der Waals surface area contributed by atoms with Gasteiger partial charge in [0, 0.05) is 5.69 Å². The van der Waals surface area contributed by atoms with E-state index in [0.29, 0.717) is 0 Å². The molecule has 0 radical (unpaired) electrons. The molecule has 0 aliphatic carbocycles. The Bertz CT molecular complexity index is 138. The molecule has 0 aliphatic heterocycles. The summed E-state index contributed by atoms with van der Waals surface area (Å²) in [7, 11) is 1.20. The zero-order chi connectivity index (χ0) is 5.11. The van der Waals surface area contributed by atoms with E-state index >= 15 is 0 Å². The van der Waals surface area contributed by atoms with Crippen molar-refractivity contribution in [3.63, 3.8) is 0 Å². The predicted octanol–water partition coefficient (Wildman–Crippen LogP) is 1.97. The molecule has 0 N–H and O–H groups in total. The summed E-state index contributed by atoms with van der Waals surface area (Å²) in [5.41, 5.74) is 1.10. The van der Waals surface area contributed by atoms with E-state index in [1.807, 2.05) is 18.9 Å². The standard InChI is InChI=1S/C5H6NP/c1-5-2-3-7-4-6-5/h2-4H,1H3. The van der Waals surface area contributed by atoms with Crippen LogP contribution in [0.15, 0.2) is 17.8 Å². The lowest BCUT2D eigenvalue weighted by molar-refractivity contribution is 1.24. The molecule has 2 heteroatoms. The molecule has 0 aliphatic rings. The minimum absolute atomic E-state index is 1.10. The molecule has 36 valence electrons. The van der Waals surface area contributed by atoms with Crippen LogP contribution in [0.4, 0.5) is 0 Å². The highest BCUT2D eigenvalue weighted by atomic mass is 31.0. The van der Waals surface area contributed by atoms with E-state index in [1.54, 1.807) is 0 Å². The molecule has 1 aromatic heterocycles. The summed E-state index contributed by atoms with van der Waals surface area (Å²) in [6.45, 7) is 1.99. The summed E-state index contributed by atoms with van der Waals surface area (Å²) < 4.78 is 0. The van der Waals surface area contributed by atoms with Crippen LogP contribution in [0.25, 0.3) is 0 Å². The summed E-state index contributed by atoms with van der Waals surface area (Å²) in [6, 6.07) is 2.02. The zero-order valence-corrected chi connectivity index (χ0v) is 5.02. The Hall–Kier alpha value is -0.420. The number of rotatable bonds is 0. The van der Waals surface area contributed by atoms with Gasteiger partial charge < -0.3 is 0 Å². The van der Waals surface area contributed by atoms with Crippen LogP contribution in [0.3, 0.4) is 0 Å². The normalized spacial score (nSPS) is 9.86. The fourth-order valence-electron chi connectivity index (χ4n) is 0.357. The third-order valence-electron chi connectivity index (χ3n) is 0.730. The van der Waals surface area contributed by atoms with Crippen molar-refractivity contribution in [2.45, 2.75) is 6.92 Å². The molecule has 0 fully saturated rings. The molecule has 1 rings (SSSR count). The van der Waals surface area contributed by atoms with Crippen molar-refractivity contribution in [2.75, 3.05) is 0 Å². The Kier molecular flexibility index (Phi) is 1.38. The van der Waals surface area contributed by atoms with Gasteiger partial charge >= 0.3 is 0 Å². The van der Waals surface area contributed by atoms with Crippen LogP contribution < -0.4 is 0 Å². The summed E-state index contributed by atoms with van der Waals surface area (Å²) in [4.78, 5) is 4.02. The van der Waals surface area contributed by atoms with Crippen molar-refractivity contribution in [1.82, 2.24) is 4.98 Å². The maximum absolute atomic E-state index is 4.02. The molecule has 1 aromatic rings. The summed E-state index contributed by atoms with van der Waals surface area (Å²) in [6.07, 6.45) is 0. The van der Waals surface area contributed by atoms with E-state index in [9.17, 15) is 0 Å². The summed E-state index contributed by atoms with van der Waals surface area (Å²) in [5, 5.41) is 0. The first-order chi connectivity index (χ1) is 3.39. The number of hydrogen-bond acceptors (Lipinski definition) is 1. The average molecular weight is 111 g/mol. The van der Waals surface area contributed by atoms with Crippen molar-refractivity contribution in [3.05, 3.63) is 23.5 Å². The van der Waals surface area contributed by atoms with Gasteiger partial charge in [-0.15, -0.1) is 0 Å². The highest BCUT2D eigenvalue weighted by molar-refractivity contribution is 7.27. The van der Waals surface area contributed by atoms with Gasteiger partial charge in [-0.1, -0.05) is 8.19 Å². The van der Waals surface area contributed by atoms with Gasteiger partial charge in [0.1, 0.15) is 0 Å². The second kappa shape index (κ2) is 2.04. The maximum Gasteiger partial charge on any atom is 0.0541 e. The molecule has 0 saturated carbocycles. The highest BCUT2D eigenvalue weighted by Crippen LogP contribution is 1.99. The van der Waals surface area contributed by atoms with Crippen LogP contribution in [0, 0.1) is 6.92 Å². The van der Waals surface area contributed by atoms with Crippen LogP contribution in [-0.4, -0.2) is 4.98 Å². The average Bonchev–Trinajstić information content (AvgIpc) is 1.69. The molecule has 7 heavy (non-hydrogen) atoms. The van der Waals surface area contributed by atoms with Crippen molar-refractivity contribution < 1.29 is 0 Å². The second-order valence-corrected chi connectivity index (χ2v) is 2.18. The monoisotopic (exact) mass is 111 g/mol. The van der Waals surface area contributed by atoms with E-state index in [4.69, 9.17) is 0 Å². The van der Waals surface area contributed by atoms with E-state index in [0.717, 1.165) is 5.69 Å². The number of aryl methyl sites for hydroxylation is 1. The molecule has 0 atom stereocenters. The Morgan fingerprint density at radius 1 is 1.71 bits per heavy atom. The van der Waals surface area contributed by atoms with Crippen molar-refractivity contribution >= 4 is 8.19 Å². The smallest absolute Gasteiger partial charge is 0.0541 e. The van der Waals surface area contributed by atoms with E-state index in [2.05, 4.69) is 10.8 Å². The van der Waals surface area contributed by atoms with Gasteiger partial charge in [0.25, 0.3) is 0 Å². The SMILES string of the molecule is Cc1ccpcn1. The van der Waals surface area contributed by atoms with Gasteiger partial charge in [0.2, 0.25) is 0 Å². The Balaban J connectivity index is 3.02. The molecule has 0 unspecified atom stereocenters. The number of hydrogen-bond donors (Lipinski definition) is 0. The van der Waals surface area contributed by atoms with Crippen LogP contribution in [0.2, 0.25) is 0 Å². The van der Waals surface area contributed by atoms with Crippen LogP contribution in [0.1, 0.15) is 5.69 Å². The third kappa shape index (κ3) is 1.24. The van der Waals surface area contributed by atoms with Gasteiger partial charge in [-0.05, 0) is 18.8 Å². The molecule has 0 aromatic carbocycles. The molecule has 0 saturated heterocycles. The largest absolute Gasteiger partial charge is 0.257 e. The van der Waals surface area contributed by atoms with Gasteiger partial charge in [0.05, 0.1) is 5.93 Å². The van der Waals surface area contributed by atoms with Crippen LogP contribution >= 0.6 is 8.19 Å². The van der Waals surface area contributed by atoms with Crippen molar-refractivity contribution in [1.29, 1.82) is 0 Å². The highest BCUT2D eigenvalue weighted by Gasteiger charge is 1.74. The topological polar surface area (TPSA) is 12.9 Å². The molecule has 1 heterocycles. The zero-order valence-electron chi connectivity index (χ0n) is 4.13. The first-order valence-corrected chi connectivity index (χ1v) is 3.15. The third-order valence-corrected chi connectivity index (χ3v) is 1.30. The van der Waals surface area contributed by atoms with E-state index < -0.39 is 0 Å². The molecular weight excluding hydrogens is 105 g/mol. The lowest BCUT2D eigenvalue weighted by Gasteiger charge is -1.81.